The van der Waals surface area contributed by atoms with E-state index in [9.17, 15) is 18.0 Å². The van der Waals surface area contributed by atoms with Gasteiger partial charge in [0.25, 0.3) is 0 Å². The zero-order chi connectivity index (χ0) is 32.3. The number of sulfonamides is 1. The van der Waals surface area contributed by atoms with Crippen LogP contribution in [-0.4, -0.2) is 57.1 Å². The van der Waals surface area contributed by atoms with Crippen LogP contribution in [0.3, 0.4) is 0 Å². The van der Waals surface area contributed by atoms with Gasteiger partial charge in [0, 0.05) is 32.5 Å². The molecule has 3 aromatic rings. The molecule has 11 heteroatoms. The molecule has 0 spiro atoms. The monoisotopic (exact) mass is 661 g/mol. The smallest absolute Gasteiger partial charge is 0.243 e. The lowest BCUT2D eigenvalue weighted by Crippen LogP contribution is -2.51. The second-order valence-electron chi connectivity index (χ2n) is 11.0. The number of nitrogens with one attached hydrogen (secondary N) is 1. The largest absolute Gasteiger partial charge is 0.492 e. The van der Waals surface area contributed by atoms with Gasteiger partial charge in [0.2, 0.25) is 21.8 Å². The van der Waals surface area contributed by atoms with E-state index in [0.717, 1.165) is 11.8 Å². The first-order valence-electron chi connectivity index (χ1n) is 14.6. The molecule has 0 aliphatic heterocycles. The van der Waals surface area contributed by atoms with Gasteiger partial charge in [-0.25, -0.2) is 8.42 Å². The Balaban J connectivity index is 1.92. The standard InChI is InChI=1S/C33H41Cl2N3O5S/c1-5-43-31-15-10-9-14-29(31)38(44(4,41)42)19-11-16-32(39)37(23-26-17-18-27(34)28(35)20-26)30(33(40)36-22-24(2)3)21-25-12-7-6-8-13-25/h6-10,12-15,17-18,20,24,30H,5,11,16,19,21-23H2,1-4H3,(H,36,40). The van der Waals surface area contributed by atoms with Crippen molar-refractivity contribution in [3.8, 4) is 5.75 Å². The number of anilines is 1. The topological polar surface area (TPSA) is 96.0 Å². The van der Waals surface area contributed by atoms with Crippen LogP contribution < -0.4 is 14.4 Å². The SMILES string of the molecule is CCOc1ccccc1N(CCCC(=O)N(Cc1ccc(Cl)c(Cl)c1)C(Cc1ccccc1)C(=O)NCC(C)C)S(C)(=O)=O. The van der Waals surface area contributed by atoms with Crippen molar-refractivity contribution in [2.75, 3.05) is 30.3 Å². The predicted molar refractivity (Wildman–Crippen MR) is 178 cm³/mol. The van der Waals surface area contributed by atoms with Gasteiger partial charge >= 0.3 is 0 Å². The quantitative estimate of drug-likeness (QED) is 0.193. The lowest BCUT2D eigenvalue weighted by atomic mass is 10.0. The number of amides is 2. The van der Waals surface area contributed by atoms with E-state index in [1.165, 1.54) is 4.31 Å². The molecule has 44 heavy (non-hydrogen) atoms. The summed E-state index contributed by atoms with van der Waals surface area (Å²) in [7, 11) is -3.68. The van der Waals surface area contributed by atoms with Crippen LogP contribution in [0, 0.1) is 5.92 Å². The van der Waals surface area contributed by atoms with Crippen LogP contribution in [0.5, 0.6) is 5.75 Å². The summed E-state index contributed by atoms with van der Waals surface area (Å²) in [6, 6.07) is 20.7. The molecule has 238 valence electrons. The number of rotatable bonds is 16. The molecular weight excluding hydrogens is 621 g/mol. The van der Waals surface area contributed by atoms with E-state index in [2.05, 4.69) is 5.32 Å². The van der Waals surface area contributed by atoms with E-state index in [-0.39, 0.29) is 43.7 Å². The maximum absolute atomic E-state index is 14.0. The van der Waals surface area contributed by atoms with Crippen LogP contribution in [0.1, 0.15) is 44.7 Å². The molecule has 2 amide bonds. The minimum Gasteiger partial charge on any atom is -0.492 e. The number of hydrogen-bond acceptors (Lipinski definition) is 5. The number of para-hydroxylation sites is 2. The summed E-state index contributed by atoms with van der Waals surface area (Å²) in [6.07, 6.45) is 1.65. The molecule has 8 nitrogen and oxygen atoms in total. The average molecular weight is 663 g/mol. The van der Waals surface area contributed by atoms with Crippen molar-refractivity contribution in [3.63, 3.8) is 0 Å². The molecule has 0 bridgehead atoms. The molecule has 0 heterocycles. The molecular formula is C33H41Cl2N3O5S. The van der Waals surface area contributed by atoms with Gasteiger partial charge in [-0.15, -0.1) is 0 Å². The highest BCUT2D eigenvalue weighted by Gasteiger charge is 2.31. The number of carbonyl (C=O) groups excluding carboxylic acids is 2. The normalized spacial score (nSPS) is 12.1. The first-order chi connectivity index (χ1) is 20.9. The highest BCUT2D eigenvalue weighted by atomic mass is 35.5. The molecule has 3 rings (SSSR count). The zero-order valence-corrected chi connectivity index (χ0v) is 28.0. The Labute approximate surface area is 271 Å². The van der Waals surface area contributed by atoms with E-state index >= 15 is 0 Å². The maximum atomic E-state index is 14.0. The molecule has 0 aromatic heterocycles. The summed E-state index contributed by atoms with van der Waals surface area (Å²) < 4.78 is 32.6. The number of halogens is 2. The Morgan fingerprint density at radius 2 is 1.61 bits per heavy atom. The van der Waals surface area contributed by atoms with Crippen LogP contribution in [0.2, 0.25) is 10.0 Å². The van der Waals surface area contributed by atoms with Gasteiger partial charge < -0.3 is 15.0 Å². The Morgan fingerprint density at radius 1 is 0.932 bits per heavy atom. The fourth-order valence-electron chi connectivity index (χ4n) is 4.73. The van der Waals surface area contributed by atoms with Gasteiger partial charge in [0.15, 0.2) is 0 Å². The van der Waals surface area contributed by atoms with Crippen LogP contribution in [0.4, 0.5) is 5.69 Å². The van der Waals surface area contributed by atoms with Crippen molar-refractivity contribution in [3.05, 3.63) is 94.0 Å². The summed E-state index contributed by atoms with van der Waals surface area (Å²) in [4.78, 5) is 29.2. The van der Waals surface area contributed by atoms with Crippen molar-refractivity contribution in [2.45, 2.75) is 52.6 Å². The number of nitrogens with zero attached hydrogens (tertiary/aromatic N) is 2. The molecule has 0 saturated carbocycles. The summed E-state index contributed by atoms with van der Waals surface area (Å²) in [5.41, 5.74) is 2.03. The van der Waals surface area contributed by atoms with E-state index < -0.39 is 16.1 Å². The number of carbonyl (C=O) groups is 2. The van der Waals surface area contributed by atoms with Gasteiger partial charge in [0.1, 0.15) is 11.8 Å². The summed E-state index contributed by atoms with van der Waals surface area (Å²) in [6.45, 7) is 6.83. The lowest BCUT2D eigenvalue weighted by molar-refractivity contribution is -0.141. The van der Waals surface area contributed by atoms with Crippen molar-refractivity contribution in [2.24, 2.45) is 5.92 Å². The van der Waals surface area contributed by atoms with Gasteiger partial charge in [-0.05, 0) is 54.7 Å². The van der Waals surface area contributed by atoms with Gasteiger partial charge in [-0.3, -0.25) is 13.9 Å². The van der Waals surface area contributed by atoms with Crippen LogP contribution in [0.15, 0.2) is 72.8 Å². The third-order valence-corrected chi connectivity index (χ3v) is 8.80. The Bertz CT molecular complexity index is 1500. The minimum atomic E-state index is -3.68. The van der Waals surface area contributed by atoms with E-state index in [4.69, 9.17) is 27.9 Å². The van der Waals surface area contributed by atoms with Gasteiger partial charge in [0.05, 0.1) is 28.6 Å². The second kappa shape index (κ2) is 16.7. The van der Waals surface area contributed by atoms with Crippen molar-refractivity contribution in [1.82, 2.24) is 10.2 Å². The fraction of sp³-hybridized carbons (Fsp3) is 0.394. The molecule has 0 aliphatic carbocycles. The molecule has 0 radical (unpaired) electrons. The number of hydrogen-bond donors (Lipinski definition) is 1. The molecule has 0 fully saturated rings. The predicted octanol–water partition coefficient (Wildman–Crippen LogP) is 6.35. The molecule has 0 saturated heterocycles. The molecule has 1 atom stereocenters. The van der Waals surface area contributed by atoms with Crippen molar-refractivity contribution >= 4 is 50.7 Å². The fourth-order valence-corrected chi connectivity index (χ4v) is 6.02. The van der Waals surface area contributed by atoms with Gasteiger partial charge in [-0.2, -0.15) is 0 Å². The highest BCUT2D eigenvalue weighted by molar-refractivity contribution is 7.92. The third kappa shape index (κ3) is 10.4. The highest BCUT2D eigenvalue weighted by Crippen LogP contribution is 2.30. The zero-order valence-electron chi connectivity index (χ0n) is 25.6. The second-order valence-corrected chi connectivity index (χ2v) is 13.7. The Morgan fingerprint density at radius 3 is 2.25 bits per heavy atom. The van der Waals surface area contributed by atoms with Crippen molar-refractivity contribution in [1.29, 1.82) is 0 Å². The summed E-state index contributed by atoms with van der Waals surface area (Å²) >= 11 is 12.4. The van der Waals surface area contributed by atoms with Crippen LogP contribution in [-0.2, 0) is 32.6 Å². The number of ether oxygens (including phenoxy) is 1. The number of benzene rings is 3. The average Bonchev–Trinajstić information content (AvgIpc) is 2.98. The molecule has 0 aliphatic rings. The van der Waals surface area contributed by atoms with E-state index in [0.29, 0.717) is 46.6 Å². The first-order valence-corrected chi connectivity index (χ1v) is 17.3. The van der Waals surface area contributed by atoms with E-state index in [1.54, 1.807) is 47.4 Å². The molecule has 1 N–H and O–H groups in total. The van der Waals surface area contributed by atoms with E-state index in [1.807, 2.05) is 51.1 Å². The summed E-state index contributed by atoms with van der Waals surface area (Å²) in [5.74, 6) is 0.109. The van der Waals surface area contributed by atoms with Crippen molar-refractivity contribution < 1.29 is 22.7 Å². The Kier molecular flexibility index (Phi) is 13.4. The third-order valence-electron chi connectivity index (χ3n) is 6.88. The van der Waals surface area contributed by atoms with Crippen LogP contribution >= 0.6 is 23.2 Å². The van der Waals surface area contributed by atoms with Gasteiger partial charge in [-0.1, -0.05) is 85.6 Å². The van der Waals surface area contributed by atoms with Crippen LogP contribution in [0.25, 0.3) is 0 Å². The molecule has 1 unspecified atom stereocenters. The minimum absolute atomic E-state index is 0.00684. The maximum Gasteiger partial charge on any atom is 0.243 e. The first kappa shape index (κ1) is 35.2. The lowest BCUT2D eigenvalue weighted by Gasteiger charge is -2.32. The summed E-state index contributed by atoms with van der Waals surface area (Å²) in [5, 5.41) is 3.73. The Hall–Kier alpha value is -3.27. The molecule has 3 aromatic carbocycles.